The first-order chi connectivity index (χ1) is 9.36. The van der Waals surface area contributed by atoms with Gasteiger partial charge in [0.2, 0.25) is 11.8 Å². The number of hydrogen-bond acceptors (Lipinski definition) is 4. The van der Waals surface area contributed by atoms with Gasteiger partial charge in [0.1, 0.15) is 5.78 Å². The topological polar surface area (TPSA) is 83.5 Å². The normalized spacial score (nSPS) is 34.0. The summed E-state index contributed by atoms with van der Waals surface area (Å²) >= 11 is 0. The van der Waals surface area contributed by atoms with Gasteiger partial charge in [-0.15, -0.1) is 0 Å². The van der Waals surface area contributed by atoms with Crippen LogP contribution in [-0.2, 0) is 14.4 Å². The Hall–Kier alpha value is -1.23. The largest absolute Gasteiger partial charge is 0.392 e. The number of Topliss-reactive ketones (excluding diaryl/α,β-unsaturated/α-hetero) is 1. The van der Waals surface area contributed by atoms with Crippen molar-refractivity contribution in [3.8, 4) is 0 Å². The van der Waals surface area contributed by atoms with Crippen LogP contribution in [0.5, 0.6) is 0 Å². The fourth-order valence-electron chi connectivity index (χ4n) is 3.60. The van der Waals surface area contributed by atoms with Crippen LogP contribution in [0, 0.1) is 23.7 Å². The van der Waals surface area contributed by atoms with E-state index in [1.807, 2.05) is 6.92 Å². The summed E-state index contributed by atoms with van der Waals surface area (Å²) in [5, 5.41) is 12.6. The Balaban J connectivity index is 1.96. The van der Waals surface area contributed by atoms with E-state index in [1.165, 1.54) is 0 Å². The Morgan fingerprint density at radius 3 is 2.35 bits per heavy atom. The number of carbonyl (C=O) groups excluding carboxylic acids is 3. The van der Waals surface area contributed by atoms with Gasteiger partial charge in [-0.2, -0.15) is 0 Å². The molecule has 20 heavy (non-hydrogen) atoms. The van der Waals surface area contributed by atoms with Gasteiger partial charge in [-0.05, 0) is 31.1 Å². The van der Waals surface area contributed by atoms with Gasteiger partial charge >= 0.3 is 0 Å². The number of aliphatic hydroxyl groups excluding tert-OH is 1. The van der Waals surface area contributed by atoms with Crippen LogP contribution in [0.25, 0.3) is 0 Å². The molecule has 1 aliphatic carbocycles. The van der Waals surface area contributed by atoms with E-state index in [-0.39, 0.29) is 48.2 Å². The lowest BCUT2D eigenvalue weighted by Gasteiger charge is -2.34. The molecule has 1 heterocycles. The van der Waals surface area contributed by atoms with Gasteiger partial charge in [0.25, 0.3) is 0 Å². The Labute approximate surface area is 119 Å². The van der Waals surface area contributed by atoms with Crippen molar-refractivity contribution in [2.45, 2.75) is 52.1 Å². The van der Waals surface area contributed by atoms with E-state index >= 15 is 0 Å². The monoisotopic (exact) mass is 281 g/mol. The van der Waals surface area contributed by atoms with Crippen LogP contribution < -0.4 is 5.32 Å². The third-order valence-corrected chi connectivity index (χ3v) is 4.53. The van der Waals surface area contributed by atoms with Crippen molar-refractivity contribution in [1.82, 2.24) is 5.32 Å². The molecule has 4 atom stereocenters. The Bertz CT molecular complexity index is 404. The van der Waals surface area contributed by atoms with Crippen LogP contribution in [0.2, 0.25) is 0 Å². The molecule has 1 saturated heterocycles. The molecule has 0 aromatic carbocycles. The zero-order valence-corrected chi connectivity index (χ0v) is 12.1. The SMILES string of the molecule is C[C@H]1C[C@@H]([C@@H](O)CC2CC(=O)NC(=O)C2)C(=O)[C@@H](C)C1. The molecule has 0 aromatic heterocycles. The highest BCUT2D eigenvalue weighted by atomic mass is 16.3. The molecule has 5 nitrogen and oxygen atoms in total. The van der Waals surface area contributed by atoms with Crippen LogP contribution in [0.15, 0.2) is 0 Å². The third-order valence-electron chi connectivity index (χ3n) is 4.53. The summed E-state index contributed by atoms with van der Waals surface area (Å²) in [4.78, 5) is 34.8. The van der Waals surface area contributed by atoms with Gasteiger partial charge < -0.3 is 5.11 Å². The molecule has 1 aliphatic heterocycles. The second-order valence-electron chi connectivity index (χ2n) is 6.54. The van der Waals surface area contributed by atoms with E-state index in [4.69, 9.17) is 0 Å². The molecule has 5 heteroatoms. The zero-order chi connectivity index (χ0) is 14.9. The summed E-state index contributed by atoms with van der Waals surface area (Å²) < 4.78 is 0. The number of nitrogens with one attached hydrogen (secondary N) is 1. The van der Waals surface area contributed by atoms with E-state index in [2.05, 4.69) is 12.2 Å². The molecule has 0 bridgehead atoms. The van der Waals surface area contributed by atoms with Crippen molar-refractivity contribution in [1.29, 1.82) is 0 Å². The summed E-state index contributed by atoms with van der Waals surface area (Å²) in [5.74, 6) is -0.499. The number of rotatable bonds is 3. The van der Waals surface area contributed by atoms with Gasteiger partial charge in [-0.1, -0.05) is 13.8 Å². The summed E-state index contributed by atoms with van der Waals surface area (Å²) in [6, 6.07) is 0. The van der Waals surface area contributed by atoms with Crippen molar-refractivity contribution in [2.75, 3.05) is 0 Å². The summed E-state index contributed by atoms with van der Waals surface area (Å²) in [6.07, 6.45) is 1.72. The number of amides is 2. The first-order valence-electron chi connectivity index (χ1n) is 7.41. The fourth-order valence-corrected chi connectivity index (χ4v) is 3.60. The van der Waals surface area contributed by atoms with Gasteiger partial charge in [-0.25, -0.2) is 0 Å². The van der Waals surface area contributed by atoms with Gasteiger partial charge in [0.05, 0.1) is 6.10 Å². The van der Waals surface area contributed by atoms with Crippen LogP contribution in [0.3, 0.4) is 0 Å². The predicted octanol–water partition coefficient (Wildman–Crippen LogP) is 1.04. The van der Waals surface area contributed by atoms with Crippen LogP contribution >= 0.6 is 0 Å². The van der Waals surface area contributed by atoms with Gasteiger partial charge in [0, 0.05) is 24.7 Å². The van der Waals surface area contributed by atoms with Crippen molar-refractivity contribution >= 4 is 17.6 Å². The molecule has 0 spiro atoms. The molecular formula is C15H23NO4. The Morgan fingerprint density at radius 1 is 1.15 bits per heavy atom. The van der Waals surface area contributed by atoms with Gasteiger partial charge in [0.15, 0.2) is 0 Å². The highest BCUT2D eigenvalue weighted by Crippen LogP contribution is 2.34. The highest BCUT2D eigenvalue weighted by Gasteiger charge is 2.38. The lowest BCUT2D eigenvalue weighted by Crippen LogP contribution is -2.42. The number of hydrogen-bond donors (Lipinski definition) is 2. The predicted molar refractivity (Wildman–Crippen MR) is 72.6 cm³/mol. The molecule has 112 valence electrons. The number of imide groups is 1. The van der Waals surface area contributed by atoms with Crippen molar-refractivity contribution in [3.05, 3.63) is 0 Å². The minimum absolute atomic E-state index is 0.00492. The second kappa shape index (κ2) is 6.04. The van der Waals surface area contributed by atoms with Crippen molar-refractivity contribution < 1.29 is 19.5 Å². The van der Waals surface area contributed by atoms with Crippen LogP contribution in [0.1, 0.15) is 46.0 Å². The number of aliphatic hydroxyl groups is 1. The lowest BCUT2D eigenvalue weighted by molar-refractivity contribution is -0.136. The maximum atomic E-state index is 12.2. The van der Waals surface area contributed by atoms with Crippen molar-refractivity contribution in [3.63, 3.8) is 0 Å². The minimum atomic E-state index is -0.739. The molecule has 2 amide bonds. The number of carbonyl (C=O) groups is 3. The van der Waals surface area contributed by atoms with Crippen molar-refractivity contribution in [2.24, 2.45) is 23.7 Å². The molecule has 0 unspecified atom stereocenters. The average Bonchev–Trinajstić information content (AvgIpc) is 2.32. The molecule has 2 fully saturated rings. The van der Waals surface area contributed by atoms with Crippen LogP contribution in [0.4, 0.5) is 0 Å². The quantitative estimate of drug-likeness (QED) is 0.757. The Morgan fingerprint density at radius 2 is 1.75 bits per heavy atom. The molecule has 2 rings (SSSR count). The molecular weight excluding hydrogens is 258 g/mol. The second-order valence-corrected chi connectivity index (χ2v) is 6.54. The smallest absolute Gasteiger partial charge is 0.226 e. The molecule has 1 saturated carbocycles. The maximum absolute atomic E-state index is 12.2. The first kappa shape index (κ1) is 15.2. The van der Waals surface area contributed by atoms with E-state index in [0.29, 0.717) is 18.8 Å². The molecule has 2 N–H and O–H groups in total. The van der Waals surface area contributed by atoms with E-state index in [9.17, 15) is 19.5 Å². The molecule has 0 aromatic rings. The zero-order valence-electron chi connectivity index (χ0n) is 12.1. The fraction of sp³-hybridized carbons (Fsp3) is 0.800. The molecule has 0 radical (unpaired) electrons. The van der Waals surface area contributed by atoms with Crippen LogP contribution in [-0.4, -0.2) is 28.8 Å². The van der Waals surface area contributed by atoms with E-state index in [0.717, 1.165) is 6.42 Å². The summed E-state index contributed by atoms with van der Waals surface area (Å²) in [6.45, 7) is 4.01. The number of ketones is 1. The standard InChI is InChI=1S/C15H23NO4/c1-8-3-9(2)15(20)11(4-8)12(17)5-10-6-13(18)16-14(19)7-10/h8-12,17H,3-7H2,1-2H3,(H,16,18,19)/t8-,9+,11+,12+/m1/s1. The third kappa shape index (κ3) is 3.45. The summed E-state index contributed by atoms with van der Waals surface area (Å²) in [5.41, 5.74) is 0. The maximum Gasteiger partial charge on any atom is 0.226 e. The first-order valence-corrected chi connectivity index (χ1v) is 7.41. The Kier molecular flexibility index (Phi) is 4.58. The minimum Gasteiger partial charge on any atom is -0.392 e. The lowest BCUT2D eigenvalue weighted by atomic mass is 9.71. The van der Waals surface area contributed by atoms with E-state index in [1.54, 1.807) is 0 Å². The average molecular weight is 281 g/mol. The summed E-state index contributed by atoms with van der Waals surface area (Å²) in [7, 11) is 0. The number of piperidine rings is 1. The molecule has 2 aliphatic rings. The van der Waals surface area contributed by atoms with Gasteiger partial charge in [-0.3, -0.25) is 19.7 Å². The van der Waals surface area contributed by atoms with E-state index < -0.39 is 6.10 Å². The highest BCUT2D eigenvalue weighted by molar-refractivity contribution is 5.97.